The lowest BCUT2D eigenvalue weighted by Gasteiger charge is -2.40. The maximum Gasteiger partial charge on any atom is 0.0931 e. The van der Waals surface area contributed by atoms with E-state index < -0.39 is 0 Å². The van der Waals surface area contributed by atoms with Crippen molar-refractivity contribution < 1.29 is 0 Å². The molecule has 0 radical (unpaired) electrons. The summed E-state index contributed by atoms with van der Waals surface area (Å²) in [6.07, 6.45) is 2.44. The van der Waals surface area contributed by atoms with Gasteiger partial charge in [0.05, 0.1) is 10.4 Å². The Morgan fingerprint density at radius 3 is 2.42 bits per heavy atom. The van der Waals surface area contributed by atoms with E-state index >= 15 is 0 Å². The first-order valence-corrected chi connectivity index (χ1v) is 8.09. The SMILES string of the molecule is CC(N)C(c1ccc(Cl)s1)N1CCC(N(C)C)CC1. The third kappa shape index (κ3) is 3.70. The van der Waals surface area contributed by atoms with E-state index in [1.807, 2.05) is 6.07 Å². The molecule has 1 aliphatic heterocycles. The van der Waals surface area contributed by atoms with Crippen LogP contribution in [0.3, 0.4) is 0 Å². The van der Waals surface area contributed by atoms with Gasteiger partial charge in [-0.1, -0.05) is 11.6 Å². The second kappa shape index (κ2) is 6.55. The highest BCUT2D eigenvalue weighted by Crippen LogP contribution is 2.34. The Bertz CT molecular complexity index is 397. The minimum Gasteiger partial charge on any atom is -0.326 e. The van der Waals surface area contributed by atoms with Crippen LogP contribution < -0.4 is 5.73 Å². The Morgan fingerprint density at radius 2 is 2.00 bits per heavy atom. The summed E-state index contributed by atoms with van der Waals surface area (Å²) < 4.78 is 0.851. The van der Waals surface area contributed by atoms with Crippen LogP contribution in [0.15, 0.2) is 12.1 Å². The summed E-state index contributed by atoms with van der Waals surface area (Å²) in [6, 6.07) is 5.24. The molecule has 1 aromatic heterocycles. The molecule has 3 nitrogen and oxygen atoms in total. The number of hydrogen-bond acceptors (Lipinski definition) is 4. The van der Waals surface area contributed by atoms with Crippen molar-refractivity contribution in [3.05, 3.63) is 21.3 Å². The average Bonchev–Trinajstić information content (AvgIpc) is 2.76. The van der Waals surface area contributed by atoms with Crippen molar-refractivity contribution in [2.75, 3.05) is 27.2 Å². The zero-order valence-corrected chi connectivity index (χ0v) is 13.5. The Kier molecular flexibility index (Phi) is 5.26. The van der Waals surface area contributed by atoms with Crippen molar-refractivity contribution in [1.29, 1.82) is 0 Å². The molecule has 0 spiro atoms. The molecule has 1 aromatic rings. The summed E-state index contributed by atoms with van der Waals surface area (Å²) in [5.41, 5.74) is 6.21. The van der Waals surface area contributed by atoms with Crippen molar-refractivity contribution in [2.24, 2.45) is 5.73 Å². The molecule has 0 saturated carbocycles. The van der Waals surface area contributed by atoms with Crippen molar-refractivity contribution in [2.45, 2.75) is 37.9 Å². The van der Waals surface area contributed by atoms with Crippen molar-refractivity contribution >= 4 is 22.9 Å². The van der Waals surface area contributed by atoms with Crippen LogP contribution in [0.25, 0.3) is 0 Å². The Morgan fingerprint density at radius 1 is 1.37 bits per heavy atom. The second-order valence-corrected chi connectivity index (χ2v) is 7.42. The van der Waals surface area contributed by atoms with Crippen molar-refractivity contribution in [1.82, 2.24) is 9.80 Å². The standard InChI is InChI=1S/C14H24ClN3S/c1-10(16)14(12-4-5-13(15)19-12)18-8-6-11(7-9-18)17(2)3/h4-5,10-11,14H,6-9,16H2,1-3H3. The molecule has 2 rings (SSSR count). The van der Waals surface area contributed by atoms with Gasteiger partial charge >= 0.3 is 0 Å². The third-order valence-electron chi connectivity index (χ3n) is 4.01. The lowest BCUT2D eigenvalue weighted by Crippen LogP contribution is -2.47. The van der Waals surface area contributed by atoms with Crippen LogP contribution in [0, 0.1) is 0 Å². The van der Waals surface area contributed by atoms with Gasteiger partial charge in [0.25, 0.3) is 0 Å². The summed E-state index contributed by atoms with van der Waals surface area (Å²) in [4.78, 5) is 6.15. The third-order valence-corrected chi connectivity index (χ3v) is 5.31. The Hall–Kier alpha value is -0.130. The van der Waals surface area contributed by atoms with Crippen LogP contribution in [0.5, 0.6) is 0 Å². The van der Waals surface area contributed by atoms with Gasteiger partial charge in [0, 0.05) is 30.1 Å². The predicted octanol–water partition coefficient (Wildman–Crippen LogP) is 2.82. The molecule has 2 N–H and O–H groups in total. The van der Waals surface area contributed by atoms with E-state index in [4.69, 9.17) is 17.3 Å². The smallest absolute Gasteiger partial charge is 0.0931 e. The molecule has 0 aliphatic carbocycles. The van der Waals surface area contributed by atoms with Gasteiger partial charge in [0.1, 0.15) is 0 Å². The number of rotatable bonds is 4. The number of thiophene rings is 1. The fourth-order valence-electron chi connectivity index (χ4n) is 2.94. The van der Waals surface area contributed by atoms with Gasteiger partial charge in [-0.15, -0.1) is 11.3 Å². The van der Waals surface area contributed by atoms with Crippen LogP contribution in [0.4, 0.5) is 0 Å². The largest absolute Gasteiger partial charge is 0.326 e. The molecule has 1 aliphatic rings. The lowest BCUT2D eigenvalue weighted by molar-refractivity contribution is 0.0998. The lowest BCUT2D eigenvalue weighted by atomic mass is 9.99. The van der Waals surface area contributed by atoms with Gasteiger partial charge in [-0.25, -0.2) is 0 Å². The van der Waals surface area contributed by atoms with Gasteiger partial charge in [-0.05, 0) is 46.0 Å². The molecule has 0 aromatic carbocycles. The number of halogens is 1. The quantitative estimate of drug-likeness (QED) is 0.928. The zero-order chi connectivity index (χ0) is 14.0. The first-order valence-electron chi connectivity index (χ1n) is 6.90. The predicted molar refractivity (Wildman–Crippen MR) is 84.0 cm³/mol. The van der Waals surface area contributed by atoms with Gasteiger partial charge in [-0.2, -0.15) is 0 Å². The maximum absolute atomic E-state index is 6.21. The summed E-state index contributed by atoms with van der Waals surface area (Å²) in [5, 5.41) is 0. The minimum absolute atomic E-state index is 0.130. The van der Waals surface area contributed by atoms with Crippen LogP contribution >= 0.6 is 22.9 Å². The molecule has 108 valence electrons. The van der Waals surface area contributed by atoms with Crippen LogP contribution in [-0.4, -0.2) is 49.1 Å². The first kappa shape index (κ1) is 15.3. The number of likely N-dealkylation sites (tertiary alicyclic amines) is 1. The molecule has 0 amide bonds. The van der Waals surface area contributed by atoms with Crippen molar-refractivity contribution in [3.63, 3.8) is 0 Å². The van der Waals surface area contributed by atoms with E-state index in [2.05, 4.69) is 36.9 Å². The molecular weight excluding hydrogens is 278 g/mol. The van der Waals surface area contributed by atoms with E-state index in [1.165, 1.54) is 17.7 Å². The number of nitrogens with zero attached hydrogens (tertiary/aromatic N) is 2. The maximum atomic E-state index is 6.21. The zero-order valence-electron chi connectivity index (χ0n) is 12.0. The molecular formula is C14H24ClN3S. The topological polar surface area (TPSA) is 32.5 Å². The Labute approximate surface area is 125 Å². The molecule has 0 bridgehead atoms. The van der Waals surface area contributed by atoms with E-state index in [0.29, 0.717) is 12.1 Å². The molecule has 1 saturated heterocycles. The van der Waals surface area contributed by atoms with E-state index in [0.717, 1.165) is 17.4 Å². The normalized spacial score (nSPS) is 21.8. The van der Waals surface area contributed by atoms with Crippen molar-refractivity contribution in [3.8, 4) is 0 Å². The minimum atomic E-state index is 0.130. The van der Waals surface area contributed by atoms with E-state index in [-0.39, 0.29) is 6.04 Å². The molecule has 19 heavy (non-hydrogen) atoms. The second-order valence-electron chi connectivity index (χ2n) is 5.68. The van der Waals surface area contributed by atoms with Crippen LogP contribution in [0.1, 0.15) is 30.7 Å². The molecule has 1 fully saturated rings. The van der Waals surface area contributed by atoms with Gasteiger partial charge in [0.2, 0.25) is 0 Å². The molecule has 5 heteroatoms. The molecule has 2 atom stereocenters. The highest BCUT2D eigenvalue weighted by atomic mass is 35.5. The van der Waals surface area contributed by atoms with Crippen LogP contribution in [-0.2, 0) is 0 Å². The average molecular weight is 302 g/mol. The molecule has 2 heterocycles. The fraction of sp³-hybridized carbons (Fsp3) is 0.714. The number of hydrogen-bond donors (Lipinski definition) is 1. The number of piperidine rings is 1. The number of nitrogens with two attached hydrogens (primary N) is 1. The monoisotopic (exact) mass is 301 g/mol. The van der Waals surface area contributed by atoms with Gasteiger partial charge < -0.3 is 10.6 Å². The van der Waals surface area contributed by atoms with Crippen LogP contribution in [0.2, 0.25) is 4.34 Å². The molecule has 2 unspecified atom stereocenters. The van der Waals surface area contributed by atoms with E-state index in [1.54, 1.807) is 11.3 Å². The highest BCUT2D eigenvalue weighted by Gasteiger charge is 2.29. The summed E-state index contributed by atoms with van der Waals surface area (Å²) in [6.45, 7) is 4.32. The summed E-state index contributed by atoms with van der Waals surface area (Å²) in [7, 11) is 4.34. The summed E-state index contributed by atoms with van der Waals surface area (Å²) >= 11 is 7.72. The Balaban J connectivity index is 2.05. The fourth-order valence-corrected chi connectivity index (χ4v) is 4.25. The van der Waals surface area contributed by atoms with E-state index in [9.17, 15) is 0 Å². The highest BCUT2D eigenvalue weighted by molar-refractivity contribution is 7.16. The van der Waals surface area contributed by atoms with Gasteiger partial charge in [0.15, 0.2) is 0 Å². The summed E-state index contributed by atoms with van der Waals surface area (Å²) in [5.74, 6) is 0. The first-order chi connectivity index (χ1) is 8.99. The van der Waals surface area contributed by atoms with Gasteiger partial charge in [-0.3, -0.25) is 4.90 Å².